The number of ketones is 1. The van der Waals surface area contributed by atoms with Crippen LogP contribution in [0.25, 0.3) is 0 Å². The number of hydrogen-bond donors (Lipinski definition) is 0. The molecule has 0 unspecified atom stereocenters. The van der Waals surface area contributed by atoms with Crippen molar-refractivity contribution in [1.82, 2.24) is 9.97 Å². The number of nitrogens with zero attached hydrogens (tertiary/aromatic N) is 2. The third kappa shape index (κ3) is 3.99. The van der Waals surface area contributed by atoms with E-state index in [4.69, 9.17) is 4.74 Å². The van der Waals surface area contributed by atoms with Gasteiger partial charge in [0, 0.05) is 12.4 Å². The Morgan fingerprint density at radius 3 is 2.58 bits per heavy atom. The lowest BCUT2D eigenvalue weighted by Crippen LogP contribution is -2.12. The minimum Gasteiger partial charge on any atom is -0.460 e. The molecule has 1 aromatic carbocycles. The summed E-state index contributed by atoms with van der Waals surface area (Å²) in [5, 5.41) is 0. The largest absolute Gasteiger partial charge is 0.460 e. The molecule has 0 saturated heterocycles. The van der Waals surface area contributed by atoms with E-state index in [2.05, 4.69) is 9.97 Å². The predicted molar refractivity (Wildman–Crippen MR) is 67.2 cm³/mol. The number of hydrogen-bond acceptors (Lipinski definition) is 5. The molecule has 0 atom stereocenters. The molecule has 19 heavy (non-hydrogen) atoms. The molecule has 1 aromatic heterocycles. The maximum Gasteiger partial charge on any atom is 0.314 e. The minimum absolute atomic E-state index is 0.160. The van der Waals surface area contributed by atoms with Gasteiger partial charge in [-0.05, 0) is 5.56 Å². The molecular formula is C14H12N2O3. The second-order valence-corrected chi connectivity index (χ2v) is 3.84. The monoisotopic (exact) mass is 256 g/mol. The Kier molecular flexibility index (Phi) is 4.34. The van der Waals surface area contributed by atoms with Crippen LogP contribution in [0.4, 0.5) is 0 Å². The van der Waals surface area contributed by atoms with Crippen LogP contribution in [0.3, 0.4) is 0 Å². The van der Waals surface area contributed by atoms with Crippen molar-refractivity contribution in [2.75, 3.05) is 0 Å². The Bertz CT molecular complexity index is 555. The van der Waals surface area contributed by atoms with Gasteiger partial charge in [0.2, 0.25) is 0 Å². The zero-order valence-electron chi connectivity index (χ0n) is 10.2. The lowest BCUT2D eigenvalue weighted by Gasteiger charge is -2.04. The number of benzene rings is 1. The molecule has 2 rings (SSSR count). The SMILES string of the molecule is O=C(CC(=O)c1cnccn1)OCc1ccccc1. The van der Waals surface area contributed by atoms with Crippen LogP contribution >= 0.6 is 0 Å². The summed E-state index contributed by atoms with van der Waals surface area (Å²) in [5.41, 5.74) is 1.04. The molecule has 5 heteroatoms. The Labute approximate surface area is 110 Å². The second-order valence-electron chi connectivity index (χ2n) is 3.84. The summed E-state index contributed by atoms with van der Waals surface area (Å²) in [6.45, 7) is 0.160. The summed E-state index contributed by atoms with van der Waals surface area (Å²) in [6.07, 6.45) is 3.87. The van der Waals surface area contributed by atoms with Crippen LogP contribution < -0.4 is 0 Å². The highest BCUT2D eigenvalue weighted by molar-refractivity contribution is 6.04. The van der Waals surface area contributed by atoms with Gasteiger partial charge < -0.3 is 4.74 Å². The zero-order valence-corrected chi connectivity index (χ0v) is 10.2. The van der Waals surface area contributed by atoms with Crippen molar-refractivity contribution >= 4 is 11.8 Å². The van der Waals surface area contributed by atoms with E-state index >= 15 is 0 Å². The molecule has 0 fully saturated rings. The van der Waals surface area contributed by atoms with Crippen molar-refractivity contribution in [2.24, 2.45) is 0 Å². The molecule has 0 radical (unpaired) electrons. The quantitative estimate of drug-likeness (QED) is 0.463. The number of Topliss-reactive ketones (excluding diaryl/α,β-unsaturated/α-hetero) is 1. The third-order valence-electron chi connectivity index (χ3n) is 2.40. The first-order valence-corrected chi connectivity index (χ1v) is 5.74. The maximum absolute atomic E-state index is 11.7. The molecule has 0 aliphatic carbocycles. The Morgan fingerprint density at radius 1 is 1.11 bits per heavy atom. The normalized spacial score (nSPS) is 9.89. The smallest absolute Gasteiger partial charge is 0.314 e. The van der Waals surface area contributed by atoms with Gasteiger partial charge in [0.05, 0.1) is 6.20 Å². The topological polar surface area (TPSA) is 69.2 Å². The number of esters is 1. The highest BCUT2D eigenvalue weighted by atomic mass is 16.5. The van der Waals surface area contributed by atoms with Gasteiger partial charge in [-0.25, -0.2) is 4.98 Å². The van der Waals surface area contributed by atoms with Gasteiger partial charge in [0.15, 0.2) is 5.78 Å². The molecule has 0 aliphatic rings. The first kappa shape index (κ1) is 12.9. The van der Waals surface area contributed by atoms with E-state index in [0.717, 1.165) is 5.56 Å². The van der Waals surface area contributed by atoms with E-state index in [0.29, 0.717) is 0 Å². The molecule has 0 saturated carbocycles. The van der Waals surface area contributed by atoms with Gasteiger partial charge in [-0.3, -0.25) is 14.6 Å². The second kappa shape index (κ2) is 6.39. The lowest BCUT2D eigenvalue weighted by molar-refractivity contribution is -0.143. The van der Waals surface area contributed by atoms with Gasteiger partial charge in [0.25, 0.3) is 0 Å². The first-order chi connectivity index (χ1) is 9.25. The van der Waals surface area contributed by atoms with Gasteiger partial charge in [-0.15, -0.1) is 0 Å². The van der Waals surface area contributed by atoms with E-state index < -0.39 is 11.8 Å². The summed E-state index contributed by atoms with van der Waals surface area (Å²) in [6, 6.07) is 9.28. The molecule has 0 spiro atoms. The Hall–Kier alpha value is -2.56. The van der Waals surface area contributed by atoms with Crippen LogP contribution in [0.15, 0.2) is 48.9 Å². The molecule has 0 amide bonds. The van der Waals surface area contributed by atoms with E-state index in [9.17, 15) is 9.59 Å². The van der Waals surface area contributed by atoms with Crippen molar-refractivity contribution in [3.8, 4) is 0 Å². The van der Waals surface area contributed by atoms with Crippen molar-refractivity contribution in [3.05, 3.63) is 60.2 Å². The predicted octanol–water partition coefficient (Wildman–Crippen LogP) is 1.79. The number of carbonyl (C=O) groups excluding carboxylic acids is 2. The van der Waals surface area contributed by atoms with E-state index in [1.54, 1.807) is 0 Å². The average Bonchev–Trinajstić information content (AvgIpc) is 2.47. The number of carbonyl (C=O) groups is 2. The molecule has 0 bridgehead atoms. The molecule has 1 heterocycles. The highest BCUT2D eigenvalue weighted by Gasteiger charge is 2.14. The molecule has 96 valence electrons. The van der Waals surface area contributed by atoms with Gasteiger partial charge in [-0.2, -0.15) is 0 Å². The van der Waals surface area contributed by atoms with E-state index in [-0.39, 0.29) is 18.7 Å². The fourth-order valence-corrected chi connectivity index (χ4v) is 1.45. The number of aromatic nitrogens is 2. The van der Waals surface area contributed by atoms with Gasteiger partial charge >= 0.3 is 5.97 Å². The molecule has 5 nitrogen and oxygen atoms in total. The minimum atomic E-state index is -0.570. The van der Waals surface area contributed by atoms with E-state index in [1.165, 1.54) is 18.6 Å². The third-order valence-corrected chi connectivity index (χ3v) is 2.40. The van der Waals surface area contributed by atoms with Crippen LogP contribution in [-0.4, -0.2) is 21.7 Å². The van der Waals surface area contributed by atoms with Crippen LogP contribution in [-0.2, 0) is 16.1 Å². The van der Waals surface area contributed by atoms with Crippen LogP contribution in [0.1, 0.15) is 22.5 Å². The van der Waals surface area contributed by atoms with Crippen LogP contribution in [0, 0.1) is 0 Å². The van der Waals surface area contributed by atoms with Crippen molar-refractivity contribution in [2.45, 2.75) is 13.0 Å². The zero-order chi connectivity index (χ0) is 13.5. The maximum atomic E-state index is 11.7. The van der Waals surface area contributed by atoms with Crippen molar-refractivity contribution in [3.63, 3.8) is 0 Å². The molecule has 0 N–H and O–H groups in total. The number of ether oxygens (including phenoxy) is 1. The first-order valence-electron chi connectivity index (χ1n) is 5.74. The van der Waals surface area contributed by atoms with Gasteiger partial charge in [-0.1, -0.05) is 30.3 Å². The summed E-state index contributed by atoms with van der Waals surface area (Å²) in [7, 11) is 0. The van der Waals surface area contributed by atoms with E-state index in [1.807, 2.05) is 30.3 Å². The lowest BCUT2D eigenvalue weighted by atomic mass is 10.2. The summed E-state index contributed by atoms with van der Waals surface area (Å²) >= 11 is 0. The van der Waals surface area contributed by atoms with Crippen molar-refractivity contribution < 1.29 is 14.3 Å². The summed E-state index contributed by atoms with van der Waals surface area (Å²) in [5.74, 6) is -0.967. The van der Waals surface area contributed by atoms with Crippen LogP contribution in [0.5, 0.6) is 0 Å². The molecular weight excluding hydrogens is 244 g/mol. The molecule has 0 aliphatic heterocycles. The summed E-state index contributed by atoms with van der Waals surface area (Å²) in [4.78, 5) is 30.8. The van der Waals surface area contributed by atoms with Crippen molar-refractivity contribution in [1.29, 1.82) is 0 Å². The fraction of sp³-hybridized carbons (Fsp3) is 0.143. The number of rotatable bonds is 5. The highest BCUT2D eigenvalue weighted by Crippen LogP contribution is 2.03. The van der Waals surface area contributed by atoms with Gasteiger partial charge in [0.1, 0.15) is 18.7 Å². The molecule has 2 aromatic rings. The Morgan fingerprint density at radius 2 is 1.89 bits per heavy atom. The fourth-order valence-electron chi connectivity index (χ4n) is 1.45. The average molecular weight is 256 g/mol. The Balaban J connectivity index is 1.83. The van der Waals surface area contributed by atoms with Crippen LogP contribution in [0.2, 0.25) is 0 Å². The summed E-state index contributed by atoms with van der Waals surface area (Å²) < 4.78 is 5.01. The standard InChI is InChI=1S/C14H12N2O3/c17-13(12-9-15-6-7-16-12)8-14(18)19-10-11-4-2-1-3-5-11/h1-7,9H,8,10H2.